The third-order valence-corrected chi connectivity index (χ3v) is 4.48. The molecule has 1 atom stereocenters. The second-order valence-corrected chi connectivity index (χ2v) is 6.15. The van der Waals surface area contributed by atoms with Crippen LogP contribution in [0.25, 0.3) is 0 Å². The third kappa shape index (κ3) is 2.79. The van der Waals surface area contributed by atoms with Gasteiger partial charge in [-0.1, -0.05) is 30.3 Å². The predicted molar refractivity (Wildman–Crippen MR) is 72.1 cm³/mol. The zero-order chi connectivity index (χ0) is 11.4. The van der Waals surface area contributed by atoms with Crippen LogP contribution in [-0.2, 0) is 0 Å². The highest BCUT2D eigenvalue weighted by Gasteiger charge is 2.28. The van der Waals surface area contributed by atoms with Gasteiger partial charge in [0.15, 0.2) is 0 Å². The minimum atomic E-state index is 0.305. The maximum Gasteiger partial charge on any atom is 0.125 e. The Bertz CT molecular complexity index is 367. The van der Waals surface area contributed by atoms with Crippen LogP contribution in [0.1, 0.15) is 25.3 Å². The summed E-state index contributed by atoms with van der Waals surface area (Å²) in [5.41, 5.74) is 7.00. The van der Waals surface area contributed by atoms with Crippen LogP contribution >= 0.6 is 11.8 Å². The molecule has 1 unspecified atom stereocenters. The van der Waals surface area contributed by atoms with Crippen LogP contribution < -0.4 is 5.73 Å². The average molecular weight is 234 g/mol. The Balaban J connectivity index is 2.02. The molecule has 16 heavy (non-hydrogen) atoms. The Morgan fingerprint density at radius 1 is 1.44 bits per heavy atom. The number of amidine groups is 1. The number of hydrogen-bond acceptors (Lipinski definition) is 2. The van der Waals surface area contributed by atoms with Crippen LogP contribution in [0.4, 0.5) is 0 Å². The molecule has 0 amide bonds. The van der Waals surface area contributed by atoms with Gasteiger partial charge in [-0.2, -0.15) is 11.8 Å². The molecule has 0 aliphatic carbocycles. The summed E-state index contributed by atoms with van der Waals surface area (Å²) in [7, 11) is 0. The fourth-order valence-electron chi connectivity index (χ4n) is 1.91. The van der Waals surface area contributed by atoms with Crippen molar-refractivity contribution in [2.75, 3.05) is 12.3 Å². The third-order valence-electron chi connectivity index (χ3n) is 2.95. The Morgan fingerprint density at radius 3 is 2.81 bits per heavy atom. The van der Waals surface area contributed by atoms with Crippen molar-refractivity contribution in [2.45, 2.75) is 24.5 Å². The number of benzene rings is 1. The minimum absolute atomic E-state index is 0.305. The molecule has 0 saturated carbocycles. The van der Waals surface area contributed by atoms with Crippen LogP contribution in [0.15, 0.2) is 35.3 Å². The fraction of sp³-hybridized carbons (Fsp3) is 0.462. The summed E-state index contributed by atoms with van der Waals surface area (Å²) >= 11 is 2.02. The van der Waals surface area contributed by atoms with E-state index in [1.54, 1.807) is 0 Å². The van der Waals surface area contributed by atoms with Gasteiger partial charge in [0.1, 0.15) is 5.84 Å². The molecule has 0 radical (unpaired) electrons. The highest BCUT2D eigenvalue weighted by atomic mass is 32.2. The second-order valence-electron chi connectivity index (χ2n) is 4.47. The quantitative estimate of drug-likeness (QED) is 0.645. The standard InChI is InChI=1S/C13H18N2S/c1-13(8-5-9-16-13)10-15-12(14)11-6-3-2-4-7-11/h2-4,6-7H,5,8-10H2,1H3,(H2,14,15). The molecule has 2 N–H and O–H groups in total. The number of rotatable bonds is 3. The molecule has 86 valence electrons. The Hall–Kier alpha value is -0.960. The Morgan fingerprint density at radius 2 is 2.19 bits per heavy atom. The van der Waals surface area contributed by atoms with Gasteiger partial charge in [-0.15, -0.1) is 0 Å². The molecule has 0 spiro atoms. The fourth-order valence-corrected chi connectivity index (χ4v) is 3.14. The number of nitrogens with two attached hydrogens (primary N) is 1. The van der Waals surface area contributed by atoms with E-state index in [0.717, 1.165) is 12.1 Å². The maximum atomic E-state index is 5.97. The van der Waals surface area contributed by atoms with Gasteiger partial charge in [0.25, 0.3) is 0 Å². The van der Waals surface area contributed by atoms with Crippen molar-refractivity contribution in [1.82, 2.24) is 0 Å². The van der Waals surface area contributed by atoms with Crippen LogP contribution in [0.3, 0.4) is 0 Å². The largest absolute Gasteiger partial charge is 0.384 e. The van der Waals surface area contributed by atoms with Gasteiger partial charge < -0.3 is 5.73 Å². The van der Waals surface area contributed by atoms with Crippen LogP contribution in [0, 0.1) is 0 Å². The smallest absolute Gasteiger partial charge is 0.125 e. The van der Waals surface area contributed by atoms with E-state index in [1.165, 1.54) is 18.6 Å². The predicted octanol–water partition coefficient (Wildman–Crippen LogP) is 2.68. The maximum absolute atomic E-state index is 5.97. The summed E-state index contributed by atoms with van der Waals surface area (Å²) in [6, 6.07) is 9.98. The molecule has 2 nitrogen and oxygen atoms in total. The zero-order valence-corrected chi connectivity index (χ0v) is 10.5. The zero-order valence-electron chi connectivity index (χ0n) is 9.65. The first-order chi connectivity index (χ1) is 7.70. The molecule has 3 heteroatoms. The second kappa shape index (κ2) is 4.91. The van der Waals surface area contributed by atoms with Crippen molar-refractivity contribution < 1.29 is 0 Å². The first kappa shape index (κ1) is 11.5. The van der Waals surface area contributed by atoms with Crippen molar-refractivity contribution in [3.63, 3.8) is 0 Å². The average Bonchev–Trinajstić information content (AvgIpc) is 2.75. The van der Waals surface area contributed by atoms with Crippen LogP contribution in [0.2, 0.25) is 0 Å². The molecule has 1 aromatic carbocycles. The summed E-state index contributed by atoms with van der Waals surface area (Å²) in [5.74, 6) is 1.92. The van der Waals surface area contributed by atoms with Crippen molar-refractivity contribution >= 4 is 17.6 Å². The lowest BCUT2D eigenvalue weighted by molar-refractivity contribution is 0.619. The van der Waals surface area contributed by atoms with Gasteiger partial charge in [-0.25, -0.2) is 0 Å². The summed E-state index contributed by atoms with van der Waals surface area (Å²) in [6.07, 6.45) is 2.56. The highest BCUT2D eigenvalue weighted by molar-refractivity contribution is 8.00. The van der Waals surface area contributed by atoms with E-state index < -0.39 is 0 Å². The van der Waals surface area contributed by atoms with E-state index in [0.29, 0.717) is 10.6 Å². The van der Waals surface area contributed by atoms with Gasteiger partial charge in [0.2, 0.25) is 0 Å². The van der Waals surface area contributed by atoms with Gasteiger partial charge in [0.05, 0.1) is 6.54 Å². The van der Waals surface area contributed by atoms with E-state index in [2.05, 4.69) is 11.9 Å². The van der Waals surface area contributed by atoms with E-state index >= 15 is 0 Å². The van der Waals surface area contributed by atoms with Crippen molar-refractivity contribution in [3.8, 4) is 0 Å². The SMILES string of the molecule is CC1(CN=C(N)c2ccccc2)CCCS1. The van der Waals surface area contributed by atoms with Crippen molar-refractivity contribution in [3.05, 3.63) is 35.9 Å². The molecule has 1 aliphatic heterocycles. The van der Waals surface area contributed by atoms with Gasteiger partial charge in [0, 0.05) is 10.3 Å². The summed E-state index contributed by atoms with van der Waals surface area (Å²) in [4.78, 5) is 4.52. The molecule has 1 heterocycles. The molecule has 1 aliphatic rings. The van der Waals surface area contributed by atoms with Gasteiger partial charge in [-0.3, -0.25) is 4.99 Å². The summed E-state index contributed by atoms with van der Waals surface area (Å²) in [6.45, 7) is 3.12. The number of aliphatic imine (C=N–C) groups is 1. The van der Waals surface area contributed by atoms with E-state index in [-0.39, 0.29) is 0 Å². The van der Waals surface area contributed by atoms with Crippen molar-refractivity contribution in [2.24, 2.45) is 10.7 Å². The minimum Gasteiger partial charge on any atom is -0.384 e. The van der Waals surface area contributed by atoms with Gasteiger partial charge >= 0.3 is 0 Å². The first-order valence-electron chi connectivity index (χ1n) is 5.69. The van der Waals surface area contributed by atoms with Gasteiger partial charge in [-0.05, 0) is 25.5 Å². The van der Waals surface area contributed by atoms with E-state index in [1.807, 2.05) is 42.1 Å². The van der Waals surface area contributed by atoms with E-state index in [4.69, 9.17) is 5.73 Å². The number of nitrogens with zero attached hydrogens (tertiary/aromatic N) is 1. The number of hydrogen-bond donors (Lipinski definition) is 1. The first-order valence-corrected chi connectivity index (χ1v) is 6.67. The molecule has 0 aromatic heterocycles. The van der Waals surface area contributed by atoms with Crippen LogP contribution in [0.5, 0.6) is 0 Å². The summed E-state index contributed by atoms with van der Waals surface area (Å²) in [5, 5.41) is 0. The van der Waals surface area contributed by atoms with Crippen molar-refractivity contribution in [1.29, 1.82) is 0 Å². The number of thioether (sulfide) groups is 1. The molecular weight excluding hydrogens is 216 g/mol. The Kier molecular flexibility index (Phi) is 3.54. The normalized spacial score (nSPS) is 25.9. The lowest BCUT2D eigenvalue weighted by Gasteiger charge is -2.19. The Labute approximate surface area is 101 Å². The lowest BCUT2D eigenvalue weighted by atomic mass is 10.1. The van der Waals surface area contributed by atoms with E-state index in [9.17, 15) is 0 Å². The lowest BCUT2D eigenvalue weighted by Crippen LogP contribution is -2.23. The molecule has 1 aromatic rings. The summed E-state index contributed by atoms with van der Waals surface area (Å²) < 4.78 is 0.305. The molecule has 0 bridgehead atoms. The molecule has 2 rings (SSSR count). The topological polar surface area (TPSA) is 38.4 Å². The molecular formula is C13H18N2S. The molecule has 1 saturated heterocycles. The molecule has 1 fully saturated rings. The van der Waals surface area contributed by atoms with Crippen LogP contribution in [-0.4, -0.2) is 22.9 Å². The monoisotopic (exact) mass is 234 g/mol. The highest BCUT2D eigenvalue weighted by Crippen LogP contribution is 2.37.